The molecule has 1 aliphatic rings. The first-order chi connectivity index (χ1) is 15.1. The predicted octanol–water partition coefficient (Wildman–Crippen LogP) is 2.37. The fourth-order valence-electron chi connectivity index (χ4n) is 3.96. The van der Waals surface area contributed by atoms with Gasteiger partial charge < -0.3 is 19.4 Å². The average Bonchev–Trinajstić information content (AvgIpc) is 3.32. The molecule has 2 atom stereocenters. The maximum Gasteiger partial charge on any atom is 0.245 e. The van der Waals surface area contributed by atoms with Crippen molar-refractivity contribution in [2.24, 2.45) is 5.92 Å². The largest absolute Gasteiger partial charge is 0.391 e. The van der Waals surface area contributed by atoms with E-state index in [0.29, 0.717) is 35.9 Å². The van der Waals surface area contributed by atoms with Crippen molar-refractivity contribution < 1.29 is 24.0 Å². The molecule has 0 radical (unpaired) electrons. The normalized spacial score (nSPS) is 18.2. The van der Waals surface area contributed by atoms with Crippen LogP contribution in [0.1, 0.15) is 54.1 Å². The number of benzene rings is 1. The fraction of sp³-hybridized carbons (Fsp3) is 0.500. The minimum absolute atomic E-state index is 0.00702. The number of likely N-dealkylation sites (tertiary alicyclic amines) is 1. The second-order valence-corrected chi connectivity index (χ2v) is 8.98. The van der Waals surface area contributed by atoms with E-state index < -0.39 is 12.1 Å². The quantitative estimate of drug-likeness (QED) is 0.631. The van der Waals surface area contributed by atoms with Gasteiger partial charge in [-0.1, -0.05) is 43.3 Å². The van der Waals surface area contributed by atoms with E-state index >= 15 is 0 Å². The summed E-state index contributed by atoms with van der Waals surface area (Å²) in [5.41, 5.74) is 2.23. The summed E-state index contributed by atoms with van der Waals surface area (Å²) in [6.45, 7) is 6.24. The number of β-amino-alcohol motifs (C(OH)–C–C–N with tert-alkyl or cyclic N) is 1. The number of amides is 2. The summed E-state index contributed by atoms with van der Waals surface area (Å²) in [5, 5.41) is 13.9. The molecule has 8 heteroatoms. The van der Waals surface area contributed by atoms with Crippen LogP contribution in [0.4, 0.5) is 0 Å². The van der Waals surface area contributed by atoms with Crippen LogP contribution >= 0.6 is 0 Å². The zero-order valence-electron chi connectivity index (χ0n) is 19.1. The van der Waals surface area contributed by atoms with Crippen LogP contribution in [0.15, 0.2) is 34.9 Å². The minimum atomic E-state index is -0.746. The summed E-state index contributed by atoms with van der Waals surface area (Å²) in [6.07, 6.45) is -0.0527. The van der Waals surface area contributed by atoms with Crippen molar-refractivity contribution in [3.05, 3.63) is 52.9 Å². The molecule has 1 aromatic heterocycles. The molecule has 2 amide bonds. The van der Waals surface area contributed by atoms with E-state index in [1.165, 1.54) is 4.90 Å². The molecule has 8 nitrogen and oxygen atoms in total. The molecule has 0 bridgehead atoms. The van der Waals surface area contributed by atoms with E-state index in [0.717, 1.165) is 5.56 Å². The van der Waals surface area contributed by atoms with E-state index in [4.69, 9.17) is 4.52 Å². The van der Waals surface area contributed by atoms with Gasteiger partial charge in [0.25, 0.3) is 0 Å². The Morgan fingerprint density at radius 3 is 2.53 bits per heavy atom. The summed E-state index contributed by atoms with van der Waals surface area (Å²) in [7, 11) is 1.67. The molecule has 2 heterocycles. The number of likely N-dealkylation sites (N-methyl/N-ethyl adjacent to an activating group) is 1. The van der Waals surface area contributed by atoms with Gasteiger partial charge in [0.15, 0.2) is 5.78 Å². The highest BCUT2D eigenvalue weighted by Crippen LogP contribution is 2.22. The number of ketones is 1. The van der Waals surface area contributed by atoms with Crippen molar-refractivity contribution >= 4 is 17.6 Å². The van der Waals surface area contributed by atoms with Crippen molar-refractivity contribution in [1.29, 1.82) is 0 Å². The molecule has 1 fully saturated rings. The number of aliphatic hydroxyl groups excluding tert-OH is 1. The van der Waals surface area contributed by atoms with Crippen LogP contribution in [0.25, 0.3) is 0 Å². The zero-order valence-corrected chi connectivity index (χ0v) is 19.1. The second-order valence-electron chi connectivity index (χ2n) is 8.98. The monoisotopic (exact) mass is 441 g/mol. The first kappa shape index (κ1) is 23.7. The summed E-state index contributed by atoms with van der Waals surface area (Å²) < 4.78 is 5.11. The van der Waals surface area contributed by atoms with Crippen LogP contribution in [0.2, 0.25) is 0 Å². The molecule has 1 aliphatic heterocycles. The molecule has 172 valence electrons. The average molecular weight is 442 g/mol. The molecule has 0 spiro atoms. The first-order valence-corrected chi connectivity index (χ1v) is 10.9. The minimum Gasteiger partial charge on any atom is -0.391 e. The van der Waals surface area contributed by atoms with Crippen LogP contribution in [-0.2, 0) is 22.6 Å². The molecule has 0 saturated carbocycles. The van der Waals surface area contributed by atoms with E-state index in [-0.39, 0.29) is 37.0 Å². The van der Waals surface area contributed by atoms with Gasteiger partial charge in [-0.2, -0.15) is 0 Å². The lowest BCUT2D eigenvalue weighted by Gasteiger charge is -2.27. The van der Waals surface area contributed by atoms with Crippen LogP contribution in [-0.4, -0.2) is 63.4 Å². The maximum atomic E-state index is 13.1. The highest BCUT2D eigenvalue weighted by atomic mass is 16.5. The van der Waals surface area contributed by atoms with E-state index in [1.807, 2.05) is 26.0 Å². The fourth-order valence-corrected chi connectivity index (χ4v) is 3.96. The van der Waals surface area contributed by atoms with Gasteiger partial charge >= 0.3 is 0 Å². The van der Waals surface area contributed by atoms with Crippen molar-refractivity contribution in [2.45, 2.75) is 58.7 Å². The summed E-state index contributed by atoms with van der Waals surface area (Å²) in [4.78, 5) is 41.0. The molecule has 1 N–H and O–H groups in total. The number of rotatable bonds is 8. The number of carbonyl (C=O) groups is 3. The zero-order chi connectivity index (χ0) is 23.4. The number of aromatic nitrogens is 1. The number of hydrogen-bond acceptors (Lipinski definition) is 6. The van der Waals surface area contributed by atoms with Crippen LogP contribution in [0.3, 0.4) is 0 Å². The van der Waals surface area contributed by atoms with Gasteiger partial charge in [-0.05, 0) is 18.4 Å². The van der Waals surface area contributed by atoms with Gasteiger partial charge in [0, 0.05) is 44.6 Å². The summed E-state index contributed by atoms with van der Waals surface area (Å²) >= 11 is 0. The smallest absolute Gasteiger partial charge is 0.245 e. The Labute approximate surface area is 188 Å². The van der Waals surface area contributed by atoms with Crippen LogP contribution in [0, 0.1) is 12.8 Å². The van der Waals surface area contributed by atoms with Crippen molar-refractivity contribution in [1.82, 2.24) is 15.0 Å². The number of nitrogens with zero attached hydrogens (tertiary/aromatic N) is 3. The van der Waals surface area contributed by atoms with E-state index in [9.17, 15) is 19.5 Å². The summed E-state index contributed by atoms with van der Waals surface area (Å²) in [5.74, 6) is 0.320. The van der Waals surface area contributed by atoms with E-state index in [2.05, 4.69) is 5.16 Å². The molecule has 32 heavy (non-hydrogen) atoms. The molecule has 3 rings (SSSR count). The number of carbonyl (C=O) groups excluding carboxylic acids is 3. The molecule has 1 aromatic carbocycles. The maximum absolute atomic E-state index is 13.1. The van der Waals surface area contributed by atoms with Crippen LogP contribution in [0.5, 0.6) is 0 Å². The van der Waals surface area contributed by atoms with Crippen LogP contribution < -0.4 is 0 Å². The van der Waals surface area contributed by atoms with Gasteiger partial charge in [-0.25, -0.2) is 0 Å². The third-order valence-electron chi connectivity index (χ3n) is 5.55. The molecular formula is C24H31N3O5. The second kappa shape index (κ2) is 10.1. The van der Waals surface area contributed by atoms with E-state index in [1.54, 1.807) is 37.1 Å². The Morgan fingerprint density at radius 1 is 1.25 bits per heavy atom. The standard InChI is InChI=1S/C24H31N3O5/c1-15(2)9-22(29)18-7-5-17(6-8-18)13-26(4)24(31)21-11-19(28)14-27(21)23(30)12-20-10-16(3)25-32-20/h5-8,10,15,19,21,28H,9,11-14H2,1-4H3/t19-,21+/m1/s1. The molecule has 0 aliphatic carbocycles. The van der Waals surface area contributed by atoms with Gasteiger partial charge in [-0.3, -0.25) is 14.4 Å². The number of Topliss-reactive ketones (excluding diaryl/α,β-unsaturated/α-hetero) is 1. The highest BCUT2D eigenvalue weighted by Gasteiger charge is 2.40. The Balaban J connectivity index is 1.63. The molecule has 1 saturated heterocycles. The lowest BCUT2D eigenvalue weighted by Crippen LogP contribution is -2.46. The topological polar surface area (TPSA) is 104 Å². The van der Waals surface area contributed by atoms with Gasteiger partial charge in [0.1, 0.15) is 11.8 Å². The highest BCUT2D eigenvalue weighted by molar-refractivity contribution is 5.96. The Kier molecular flexibility index (Phi) is 7.45. The van der Waals surface area contributed by atoms with Gasteiger partial charge in [0.2, 0.25) is 11.8 Å². The Hall–Kier alpha value is -3.00. The van der Waals surface area contributed by atoms with Crippen molar-refractivity contribution in [2.75, 3.05) is 13.6 Å². The summed E-state index contributed by atoms with van der Waals surface area (Å²) in [6, 6.07) is 8.22. The Morgan fingerprint density at radius 2 is 1.94 bits per heavy atom. The van der Waals surface area contributed by atoms with Gasteiger partial charge in [0.05, 0.1) is 18.2 Å². The van der Waals surface area contributed by atoms with Crippen molar-refractivity contribution in [3.8, 4) is 0 Å². The lowest BCUT2D eigenvalue weighted by atomic mass is 10.0. The predicted molar refractivity (Wildman–Crippen MR) is 118 cm³/mol. The van der Waals surface area contributed by atoms with Crippen molar-refractivity contribution in [3.63, 3.8) is 0 Å². The molecule has 2 aromatic rings. The first-order valence-electron chi connectivity index (χ1n) is 10.9. The molecular weight excluding hydrogens is 410 g/mol. The number of hydrogen-bond donors (Lipinski definition) is 1. The van der Waals surface area contributed by atoms with Gasteiger partial charge in [-0.15, -0.1) is 0 Å². The lowest BCUT2D eigenvalue weighted by molar-refractivity contribution is -0.143. The molecule has 0 unspecified atom stereocenters. The Bertz CT molecular complexity index is 966. The third-order valence-corrected chi connectivity index (χ3v) is 5.55. The number of aryl methyl sites for hydroxylation is 1. The number of aliphatic hydroxyl groups is 1. The third kappa shape index (κ3) is 5.82. The SMILES string of the molecule is Cc1cc(CC(=O)N2C[C@H](O)C[C@H]2C(=O)N(C)Cc2ccc(C(=O)CC(C)C)cc2)on1.